The minimum Gasteiger partial charge on any atom is -0.256 e. The van der Waals surface area contributed by atoms with Gasteiger partial charge in [-0.1, -0.05) is 70.2 Å². The number of pyridine rings is 1. The molecule has 0 aliphatic heterocycles. The van der Waals surface area contributed by atoms with E-state index in [0.717, 1.165) is 18.5 Å². The van der Waals surface area contributed by atoms with Crippen LogP contribution in [0.2, 0.25) is 0 Å². The van der Waals surface area contributed by atoms with Crippen LogP contribution in [0.1, 0.15) is 38.8 Å². The van der Waals surface area contributed by atoms with Gasteiger partial charge in [0.25, 0.3) is 0 Å². The van der Waals surface area contributed by atoms with Crippen molar-refractivity contribution in [1.29, 1.82) is 0 Å². The van der Waals surface area contributed by atoms with Crippen LogP contribution in [0.25, 0.3) is 32.8 Å². The molecule has 0 amide bonds. The van der Waals surface area contributed by atoms with Crippen LogP contribution in [0.5, 0.6) is 0 Å². The van der Waals surface area contributed by atoms with Gasteiger partial charge in [0.05, 0.1) is 5.69 Å². The summed E-state index contributed by atoms with van der Waals surface area (Å²) in [5.74, 6) is 1.29. The number of fused-ring (bicyclic) bond motifs is 3. The lowest BCUT2D eigenvalue weighted by Crippen LogP contribution is -2.00. The number of aromatic nitrogens is 1. The fraction of sp³-hybridized carbons (Fsp3) is 0.296. The molecular weight excluding hydrogens is 338 g/mol. The summed E-state index contributed by atoms with van der Waals surface area (Å²) >= 11 is 0. The third-order valence-corrected chi connectivity index (χ3v) is 5.28. The van der Waals surface area contributed by atoms with Gasteiger partial charge >= 0.3 is 0 Å². The molecule has 0 saturated carbocycles. The van der Waals surface area contributed by atoms with Gasteiger partial charge in [-0.3, -0.25) is 4.98 Å². The standard InChI is InChI=1S/C27H29N/c1-18(2)13-20-15-21(14-19(3)4)17-23(16-20)27-26-10-9-22-7-5-6-8-24(22)25(26)11-12-28-27/h5-12,15-19H,13-14H2,1-4H3. The maximum atomic E-state index is 4.82. The molecule has 0 N–H and O–H groups in total. The molecule has 0 aliphatic rings. The molecule has 0 saturated heterocycles. The second-order valence-electron chi connectivity index (χ2n) is 8.78. The van der Waals surface area contributed by atoms with E-state index in [1.165, 1.54) is 38.2 Å². The van der Waals surface area contributed by atoms with Crippen molar-refractivity contribution in [3.05, 3.63) is 78.0 Å². The van der Waals surface area contributed by atoms with Gasteiger partial charge in [0.15, 0.2) is 0 Å². The van der Waals surface area contributed by atoms with E-state index in [2.05, 4.69) is 88.4 Å². The van der Waals surface area contributed by atoms with E-state index >= 15 is 0 Å². The Kier molecular flexibility index (Phi) is 5.17. The normalized spacial score (nSPS) is 11.8. The first-order valence-electron chi connectivity index (χ1n) is 10.4. The van der Waals surface area contributed by atoms with Crippen molar-refractivity contribution in [2.75, 3.05) is 0 Å². The molecule has 4 aromatic rings. The molecule has 0 spiro atoms. The molecule has 0 aliphatic carbocycles. The summed E-state index contributed by atoms with van der Waals surface area (Å²) in [4.78, 5) is 4.82. The Morgan fingerprint density at radius 3 is 2.04 bits per heavy atom. The molecule has 3 aromatic carbocycles. The second-order valence-corrected chi connectivity index (χ2v) is 8.78. The summed E-state index contributed by atoms with van der Waals surface area (Å²) in [6.45, 7) is 9.16. The second kappa shape index (κ2) is 7.75. The molecule has 0 unspecified atom stereocenters. The zero-order valence-electron chi connectivity index (χ0n) is 17.4. The van der Waals surface area contributed by atoms with Crippen LogP contribution in [-0.2, 0) is 12.8 Å². The molecule has 1 nitrogen and oxygen atoms in total. The zero-order valence-corrected chi connectivity index (χ0v) is 17.4. The Bertz CT molecular complexity index is 1090. The van der Waals surface area contributed by atoms with E-state index < -0.39 is 0 Å². The van der Waals surface area contributed by atoms with Crippen LogP contribution in [0, 0.1) is 11.8 Å². The minimum absolute atomic E-state index is 0.645. The van der Waals surface area contributed by atoms with Gasteiger partial charge in [-0.05, 0) is 70.2 Å². The predicted octanol–water partition coefficient (Wildman–Crippen LogP) is 7.45. The van der Waals surface area contributed by atoms with Gasteiger partial charge in [-0.25, -0.2) is 0 Å². The molecule has 0 atom stereocenters. The lowest BCUT2D eigenvalue weighted by molar-refractivity contribution is 0.636. The van der Waals surface area contributed by atoms with Crippen molar-refractivity contribution in [1.82, 2.24) is 4.98 Å². The fourth-order valence-electron chi connectivity index (χ4n) is 4.25. The monoisotopic (exact) mass is 367 g/mol. The number of hydrogen-bond donors (Lipinski definition) is 0. The average Bonchev–Trinajstić information content (AvgIpc) is 2.66. The molecule has 28 heavy (non-hydrogen) atoms. The highest BCUT2D eigenvalue weighted by Gasteiger charge is 2.11. The third kappa shape index (κ3) is 3.80. The lowest BCUT2D eigenvalue weighted by atomic mass is 9.92. The van der Waals surface area contributed by atoms with Gasteiger partial charge in [-0.2, -0.15) is 0 Å². The molecule has 142 valence electrons. The van der Waals surface area contributed by atoms with Crippen molar-refractivity contribution in [3.63, 3.8) is 0 Å². The summed E-state index contributed by atoms with van der Waals surface area (Å²) in [6.07, 6.45) is 4.17. The van der Waals surface area contributed by atoms with Crippen molar-refractivity contribution in [3.8, 4) is 11.3 Å². The first kappa shape index (κ1) is 18.7. The largest absolute Gasteiger partial charge is 0.256 e. The Morgan fingerprint density at radius 2 is 1.36 bits per heavy atom. The summed E-state index contributed by atoms with van der Waals surface area (Å²) in [5.41, 5.74) is 5.18. The minimum atomic E-state index is 0.645. The molecule has 4 rings (SSSR count). The van der Waals surface area contributed by atoms with E-state index in [1.54, 1.807) is 0 Å². The van der Waals surface area contributed by atoms with E-state index in [1.807, 2.05) is 6.20 Å². The van der Waals surface area contributed by atoms with Gasteiger partial charge < -0.3 is 0 Å². The maximum absolute atomic E-state index is 4.82. The lowest BCUT2D eigenvalue weighted by Gasteiger charge is -2.14. The molecule has 0 radical (unpaired) electrons. The summed E-state index contributed by atoms with van der Waals surface area (Å²) in [6, 6.07) is 22.3. The highest BCUT2D eigenvalue weighted by atomic mass is 14.7. The Morgan fingerprint density at radius 1 is 0.679 bits per heavy atom. The maximum Gasteiger partial charge on any atom is 0.0780 e. The Balaban J connectivity index is 1.92. The number of hydrogen-bond acceptors (Lipinski definition) is 1. The average molecular weight is 368 g/mol. The van der Waals surface area contributed by atoms with E-state index in [-0.39, 0.29) is 0 Å². The summed E-state index contributed by atoms with van der Waals surface area (Å²) in [5, 5.41) is 5.09. The van der Waals surface area contributed by atoms with Crippen LogP contribution < -0.4 is 0 Å². The Hall–Kier alpha value is -2.67. The predicted molar refractivity (Wildman–Crippen MR) is 122 cm³/mol. The van der Waals surface area contributed by atoms with Crippen LogP contribution in [-0.4, -0.2) is 4.98 Å². The fourth-order valence-corrected chi connectivity index (χ4v) is 4.25. The van der Waals surface area contributed by atoms with Gasteiger partial charge in [0, 0.05) is 17.1 Å². The van der Waals surface area contributed by atoms with Crippen molar-refractivity contribution >= 4 is 21.5 Å². The first-order chi connectivity index (χ1) is 13.5. The smallest absolute Gasteiger partial charge is 0.0780 e. The molecule has 1 heterocycles. The SMILES string of the molecule is CC(C)Cc1cc(CC(C)C)cc(-c2nccc3c2ccc2ccccc23)c1. The van der Waals surface area contributed by atoms with Crippen LogP contribution in [0.3, 0.4) is 0 Å². The highest BCUT2D eigenvalue weighted by Crippen LogP contribution is 2.33. The van der Waals surface area contributed by atoms with E-state index in [0.29, 0.717) is 11.8 Å². The van der Waals surface area contributed by atoms with Gasteiger partial charge in [0.1, 0.15) is 0 Å². The summed E-state index contributed by atoms with van der Waals surface area (Å²) in [7, 11) is 0. The van der Waals surface area contributed by atoms with Crippen LogP contribution >= 0.6 is 0 Å². The summed E-state index contributed by atoms with van der Waals surface area (Å²) < 4.78 is 0. The highest BCUT2D eigenvalue weighted by molar-refractivity contribution is 6.11. The zero-order chi connectivity index (χ0) is 19.7. The number of nitrogens with zero attached hydrogens (tertiary/aromatic N) is 1. The van der Waals surface area contributed by atoms with E-state index in [4.69, 9.17) is 4.98 Å². The van der Waals surface area contributed by atoms with Crippen LogP contribution in [0.4, 0.5) is 0 Å². The number of rotatable bonds is 5. The van der Waals surface area contributed by atoms with Gasteiger partial charge in [0.2, 0.25) is 0 Å². The van der Waals surface area contributed by atoms with Crippen molar-refractivity contribution in [2.45, 2.75) is 40.5 Å². The van der Waals surface area contributed by atoms with Gasteiger partial charge in [-0.15, -0.1) is 0 Å². The molecule has 1 aromatic heterocycles. The first-order valence-corrected chi connectivity index (χ1v) is 10.4. The molecule has 0 fully saturated rings. The number of benzene rings is 3. The molecule has 1 heteroatoms. The van der Waals surface area contributed by atoms with Crippen molar-refractivity contribution in [2.24, 2.45) is 11.8 Å². The Labute approximate surface area is 168 Å². The van der Waals surface area contributed by atoms with Crippen molar-refractivity contribution < 1.29 is 0 Å². The third-order valence-electron chi connectivity index (χ3n) is 5.28. The quantitative estimate of drug-likeness (QED) is 0.334. The topological polar surface area (TPSA) is 12.9 Å². The molecular formula is C27H29N. The van der Waals surface area contributed by atoms with E-state index in [9.17, 15) is 0 Å². The van der Waals surface area contributed by atoms with Crippen LogP contribution in [0.15, 0.2) is 66.9 Å². The molecule has 0 bridgehead atoms.